The molecule has 2 aromatic heterocycles. The van der Waals surface area contributed by atoms with Gasteiger partial charge in [-0.15, -0.1) is 0 Å². The lowest BCUT2D eigenvalue weighted by Gasteiger charge is -2.34. The quantitative estimate of drug-likeness (QED) is 0.784. The van der Waals surface area contributed by atoms with Crippen molar-refractivity contribution < 1.29 is 4.79 Å². The third-order valence-electron chi connectivity index (χ3n) is 4.68. The Kier molecular flexibility index (Phi) is 6.17. The van der Waals surface area contributed by atoms with Crippen molar-refractivity contribution in [3.05, 3.63) is 48.0 Å². The van der Waals surface area contributed by atoms with Crippen molar-refractivity contribution in [1.82, 2.24) is 25.0 Å². The Bertz CT molecular complexity index is 669. The minimum absolute atomic E-state index is 0.0196. The molecule has 1 fully saturated rings. The minimum Gasteiger partial charge on any atom is -0.355 e. The molecule has 0 spiro atoms. The Morgan fingerprint density at radius 1 is 1.32 bits per heavy atom. The number of hydrogen-bond donors (Lipinski definition) is 1. The smallest absolute Gasteiger partial charge is 0.237 e. The number of amides is 1. The fourth-order valence-electron chi connectivity index (χ4n) is 3.36. The van der Waals surface area contributed by atoms with Gasteiger partial charge in [0.15, 0.2) is 0 Å². The Morgan fingerprint density at radius 2 is 2.16 bits per heavy atom. The van der Waals surface area contributed by atoms with Crippen LogP contribution in [0.3, 0.4) is 0 Å². The third-order valence-corrected chi connectivity index (χ3v) is 4.68. The number of carbonyl (C=O) groups is 1. The summed E-state index contributed by atoms with van der Waals surface area (Å²) in [6.07, 6.45) is 11.6. The molecule has 3 heterocycles. The lowest BCUT2D eigenvalue weighted by atomic mass is 10.0. The number of pyridine rings is 1. The Balaban J connectivity index is 1.47. The van der Waals surface area contributed by atoms with Gasteiger partial charge in [-0.2, -0.15) is 5.10 Å². The molecular formula is C19H27N5O. The largest absolute Gasteiger partial charge is 0.355 e. The molecule has 0 aromatic carbocycles. The van der Waals surface area contributed by atoms with Gasteiger partial charge in [0.25, 0.3) is 0 Å². The summed E-state index contributed by atoms with van der Waals surface area (Å²) >= 11 is 0. The lowest BCUT2D eigenvalue weighted by molar-refractivity contribution is -0.127. The topological polar surface area (TPSA) is 63.1 Å². The monoisotopic (exact) mass is 341 g/mol. The van der Waals surface area contributed by atoms with Crippen LogP contribution in [0.15, 0.2) is 36.9 Å². The van der Waals surface area contributed by atoms with Crippen molar-refractivity contribution in [3.63, 3.8) is 0 Å². The van der Waals surface area contributed by atoms with Gasteiger partial charge < -0.3 is 5.32 Å². The average Bonchev–Trinajstić information content (AvgIpc) is 3.05. The summed E-state index contributed by atoms with van der Waals surface area (Å²) in [5.74, 6) is 0.158. The average molecular weight is 341 g/mol. The highest BCUT2D eigenvalue weighted by Gasteiger charge is 2.28. The number of aromatic nitrogens is 3. The Labute approximate surface area is 149 Å². The molecule has 1 amide bonds. The molecule has 3 rings (SSSR count). The van der Waals surface area contributed by atoms with Gasteiger partial charge >= 0.3 is 0 Å². The van der Waals surface area contributed by atoms with Crippen LogP contribution in [-0.4, -0.2) is 44.7 Å². The van der Waals surface area contributed by atoms with Crippen molar-refractivity contribution in [2.24, 2.45) is 0 Å². The molecule has 0 unspecified atom stereocenters. The summed E-state index contributed by atoms with van der Waals surface area (Å²) in [5, 5.41) is 7.38. The van der Waals surface area contributed by atoms with Gasteiger partial charge in [0.1, 0.15) is 0 Å². The second kappa shape index (κ2) is 8.76. The van der Waals surface area contributed by atoms with Crippen LogP contribution < -0.4 is 5.32 Å². The number of hydrogen-bond acceptors (Lipinski definition) is 4. The molecule has 6 nitrogen and oxygen atoms in total. The summed E-state index contributed by atoms with van der Waals surface area (Å²) in [5.41, 5.74) is 2.38. The van der Waals surface area contributed by atoms with Gasteiger partial charge in [-0.05, 0) is 56.0 Å². The number of nitrogens with one attached hydrogen (secondary N) is 1. The van der Waals surface area contributed by atoms with E-state index in [1.807, 2.05) is 48.5 Å². The van der Waals surface area contributed by atoms with Crippen LogP contribution in [0.25, 0.3) is 0 Å². The van der Waals surface area contributed by atoms with Gasteiger partial charge in [0.05, 0.1) is 12.2 Å². The molecule has 0 radical (unpaired) electrons. The van der Waals surface area contributed by atoms with Gasteiger partial charge in [-0.1, -0.05) is 6.42 Å². The summed E-state index contributed by atoms with van der Waals surface area (Å²) in [7, 11) is 0. The first-order chi connectivity index (χ1) is 12.2. The van der Waals surface area contributed by atoms with E-state index in [4.69, 9.17) is 0 Å². The minimum atomic E-state index is -0.0196. The van der Waals surface area contributed by atoms with E-state index in [-0.39, 0.29) is 11.9 Å². The van der Waals surface area contributed by atoms with Gasteiger partial charge in [0.2, 0.25) is 5.91 Å². The normalized spacial score (nSPS) is 18.2. The second-order valence-corrected chi connectivity index (χ2v) is 6.76. The number of carbonyl (C=O) groups excluding carboxylic acids is 1. The van der Waals surface area contributed by atoms with Crippen LogP contribution in [0, 0.1) is 6.92 Å². The summed E-state index contributed by atoms with van der Waals surface area (Å²) in [6, 6.07) is 4.03. The zero-order valence-corrected chi connectivity index (χ0v) is 14.9. The van der Waals surface area contributed by atoms with Crippen molar-refractivity contribution in [2.75, 3.05) is 13.1 Å². The van der Waals surface area contributed by atoms with E-state index in [9.17, 15) is 4.79 Å². The zero-order chi connectivity index (χ0) is 17.5. The zero-order valence-electron chi connectivity index (χ0n) is 14.9. The number of piperidine rings is 1. The standard InChI is InChI=1S/C19H27N5O/c1-16-13-22-24(14-16)12-4-8-21-19(25)18-5-2-3-11-23(18)15-17-6-9-20-10-7-17/h6-7,9-10,13-14,18H,2-5,8,11-12,15H2,1H3,(H,21,25)/t18-/m0/s1. The van der Waals surface area contributed by atoms with Crippen molar-refractivity contribution >= 4 is 5.91 Å². The number of nitrogens with zero attached hydrogens (tertiary/aromatic N) is 4. The first kappa shape index (κ1) is 17.6. The maximum absolute atomic E-state index is 12.6. The highest BCUT2D eigenvalue weighted by molar-refractivity contribution is 5.81. The molecule has 2 aromatic rings. The molecule has 0 saturated carbocycles. The number of aryl methyl sites for hydroxylation is 2. The van der Waals surface area contributed by atoms with E-state index in [0.717, 1.165) is 50.9 Å². The van der Waals surface area contributed by atoms with E-state index in [2.05, 4.69) is 20.3 Å². The van der Waals surface area contributed by atoms with Crippen LogP contribution >= 0.6 is 0 Å². The molecular weight excluding hydrogens is 314 g/mol. The molecule has 1 aliphatic heterocycles. The van der Waals surface area contributed by atoms with Crippen LogP contribution in [-0.2, 0) is 17.9 Å². The van der Waals surface area contributed by atoms with Crippen LogP contribution in [0.4, 0.5) is 0 Å². The molecule has 1 saturated heterocycles. The van der Waals surface area contributed by atoms with Crippen molar-refractivity contribution in [2.45, 2.75) is 51.7 Å². The SMILES string of the molecule is Cc1cnn(CCCNC(=O)[C@@H]2CCCCN2Cc2ccncc2)c1. The van der Waals surface area contributed by atoms with E-state index < -0.39 is 0 Å². The molecule has 25 heavy (non-hydrogen) atoms. The van der Waals surface area contributed by atoms with Crippen LogP contribution in [0.5, 0.6) is 0 Å². The van der Waals surface area contributed by atoms with Crippen LogP contribution in [0.1, 0.15) is 36.8 Å². The number of likely N-dealkylation sites (tertiary alicyclic amines) is 1. The summed E-state index contributed by atoms with van der Waals surface area (Å²) in [6.45, 7) is 5.35. The van der Waals surface area contributed by atoms with E-state index in [1.165, 1.54) is 5.56 Å². The molecule has 134 valence electrons. The van der Waals surface area contributed by atoms with Crippen molar-refractivity contribution in [1.29, 1.82) is 0 Å². The first-order valence-electron chi connectivity index (χ1n) is 9.12. The number of rotatable bonds is 7. The summed E-state index contributed by atoms with van der Waals surface area (Å²) in [4.78, 5) is 19.0. The van der Waals surface area contributed by atoms with Gasteiger partial charge in [-0.25, -0.2) is 0 Å². The van der Waals surface area contributed by atoms with E-state index >= 15 is 0 Å². The summed E-state index contributed by atoms with van der Waals surface area (Å²) < 4.78 is 1.93. The van der Waals surface area contributed by atoms with Gasteiger partial charge in [0, 0.05) is 38.2 Å². The highest BCUT2D eigenvalue weighted by atomic mass is 16.2. The predicted octanol–water partition coefficient (Wildman–Crippen LogP) is 2.15. The van der Waals surface area contributed by atoms with Crippen LogP contribution in [0.2, 0.25) is 0 Å². The molecule has 1 aliphatic rings. The molecule has 1 N–H and O–H groups in total. The fraction of sp³-hybridized carbons (Fsp3) is 0.526. The first-order valence-corrected chi connectivity index (χ1v) is 9.12. The third kappa shape index (κ3) is 5.13. The molecule has 1 atom stereocenters. The predicted molar refractivity (Wildman–Crippen MR) is 96.9 cm³/mol. The Hall–Kier alpha value is -2.21. The lowest BCUT2D eigenvalue weighted by Crippen LogP contribution is -2.49. The maximum Gasteiger partial charge on any atom is 0.237 e. The van der Waals surface area contributed by atoms with Gasteiger partial charge in [-0.3, -0.25) is 19.4 Å². The van der Waals surface area contributed by atoms with E-state index in [0.29, 0.717) is 6.54 Å². The molecule has 6 heteroatoms. The van der Waals surface area contributed by atoms with Crippen molar-refractivity contribution in [3.8, 4) is 0 Å². The Morgan fingerprint density at radius 3 is 2.92 bits per heavy atom. The fourth-order valence-corrected chi connectivity index (χ4v) is 3.36. The van der Waals surface area contributed by atoms with E-state index in [1.54, 1.807) is 0 Å². The maximum atomic E-state index is 12.6. The molecule has 0 bridgehead atoms. The second-order valence-electron chi connectivity index (χ2n) is 6.76. The molecule has 0 aliphatic carbocycles. The highest BCUT2D eigenvalue weighted by Crippen LogP contribution is 2.19.